The van der Waals surface area contributed by atoms with Crippen LogP contribution in [0.2, 0.25) is 0 Å². The minimum Gasteiger partial charge on any atom is -0.422 e. The van der Waals surface area contributed by atoms with Gasteiger partial charge < -0.3 is 10.2 Å². The summed E-state index contributed by atoms with van der Waals surface area (Å²) in [5.41, 5.74) is 5.61. The van der Waals surface area contributed by atoms with Crippen LogP contribution in [0.3, 0.4) is 0 Å². The van der Waals surface area contributed by atoms with Crippen LogP contribution in [0.5, 0.6) is 0 Å². The van der Waals surface area contributed by atoms with Crippen molar-refractivity contribution in [3.8, 4) is 0 Å². The van der Waals surface area contributed by atoms with Gasteiger partial charge in [-0.05, 0) is 26.0 Å². The molecule has 0 saturated carbocycles. The van der Waals surface area contributed by atoms with Gasteiger partial charge in [-0.1, -0.05) is 33.8 Å². The predicted octanol–water partition coefficient (Wildman–Crippen LogP) is 1.88. The average molecular weight is 225 g/mol. The van der Waals surface area contributed by atoms with Gasteiger partial charge >= 0.3 is 5.63 Å². The van der Waals surface area contributed by atoms with Crippen molar-refractivity contribution in [2.45, 2.75) is 41.5 Å². The lowest BCUT2D eigenvalue weighted by molar-refractivity contribution is 0.476. The van der Waals surface area contributed by atoms with Gasteiger partial charge in [-0.2, -0.15) is 0 Å². The minimum atomic E-state index is -0.478. The molecule has 1 aromatic rings. The van der Waals surface area contributed by atoms with Crippen molar-refractivity contribution in [1.82, 2.24) is 0 Å². The highest BCUT2D eigenvalue weighted by Gasteiger charge is 1.94. The summed E-state index contributed by atoms with van der Waals surface area (Å²) in [6.45, 7) is 11.7. The molecule has 0 aliphatic rings. The first kappa shape index (κ1) is 16.9. The maximum absolute atomic E-state index is 10.9. The highest BCUT2D eigenvalue weighted by molar-refractivity contribution is 5.37. The summed E-state index contributed by atoms with van der Waals surface area (Å²) in [7, 11) is 0. The van der Waals surface area contributed by atoms with E-state index in [-0.39, 0.29) is 5.69 Å². The highest BCUT2D eigenvalue weighted by Crippen LogP contribution is 1.80. The van der Waals surface area contributed by atoms with E-state index in [1.54, 1.807) is 12.1 Å². The van der Waals surface area contributed by atoms with Gasteiger partial charge in [0.25, 0.3) is 0 Å². The first-order valence-corrected chi connectivity index (χ1v) is 5.71. The van der Waals surface area contributed by atoms with Crippen LogP contribution in [0.15, 0.2) is 15.3 Å². The zero-order chi connectivity index (χ0) is 13.1. The first-order valence-electron chi connectivity index (χ1n) is 5.71. The van der Waals surface area contributed by atoms with Gasteiger partial charge in [0.15, 0.2) is 0 Å². The smallest absolute Gasteiger partial charge is 0.359 e. The molecule has 0 unspecified atom stereocenters. The second-order valence-corrected chi connectivity index (χ2v) is 2.39. The largest absolute Gasteiger partial charge is 0.422 e. The van der Waals surface area contributed by atoms with E-state index in [0.717, 1.165) is 5.22 Å². The second kappa shape index (κ2) is 10.0. The van der Waals surface area contributed by atoms with E-state index in [1.807, 2.05) is 47.6 Å². The Labute approximate surface area is 97.3 Å². The first-order chi connectivity index (χ1) is 7.69. The Hall–Kier alpha value is -1.51. The Balaban J connectivity index is 0. The number of anilines is 1. The molecule has 0 atom stereocenters. The van der Waals surface area contributed by atoms with Crippen LogP contribution in [-0.2, 0) is 0 Å². The van der Waals surface area contributed by atoms with Gasteiger partial charge in [0.05, 0.1) is 0 Å². The van der Waals surface area contributed by atoms with Gasteiger partial charge in [-0.25, -0.2) is 4.79 Å². The predicted molar refractivity (Wildman–Crippen MR) is 71.6 cm³/mol. The summed E-state index contributed by atoms with van der Waals surface area (Å²) in [5, 5.41) is 0.842. The zero-order valence-corrected chi connectivity index (χ0v) is 11.1. The van der Waals surface area contributed by atoms with E-state index >= 15 is 0 Å². The number of nitrogen functional groups attached to an aromatic ring is 1. The quantitative estimate of drug-likeness (QED) is 0.733. The molecule has 0 fully saturated rings. The molecule has 3 nitrogen and oxygen atoms in total. The molecule has 0 aliphatic heterocycles. The van der Waals surface area contributed by atoms with Crippen LogP contribution in [0.25, 0.3) is 12.2 Å². The lowest BCUT2D eigenvalue weighted by Crippen LogP contribution is -2.29. The molecule has 0 aliphatic carbocycles. The molecule has 1 aromatic heterocycles. The van der Waals surface area contributed by atoms with Gasteiger partial charge in [-0.3, -0.25) is 0 Å². The van der Waals surface area contributed by atoms with Gasteiger partial charge in [-0.15, -0.1) is 0 Å². The number of hydrogen-bond donors (Lipinski definition) is 1. The molecule has 0 spiro atoms. The summed E-state index contributed by atoms with van der Waals surface area (Å²) in [5.74, 6) is 0. The van der Waals surface area contributed by atoms with Crippen molar-refractivity contribution in [2.24, 2.45) is 0 Å². The topological polar surface area (TPSA) is 56.2 Å². The molecule has 3 heteroatoms. The average Bonchev–Trinajstić information content (AvgIpc) is 2.37. The molecule has 1 rings (SSSR count). The maximum atomic E-state index is 10.9. The molecular formula is C13H23NO2. The van der Waals surface area contributed by atoms with E-state index in [4.69, 9.17) is 10.2 Å². The van der Waals surface area contributed by atoms with E-state index in [2.05, 4.69) is 0 Å². The van der Waals surface area contributed by atoms with Crippen LogP contribution in [0.4, 0.5) is 5.69 Å². The van der Waals surface area contributed by atoms with Crippen molar-refractivity contribution in [3.63, 3.8) is 0 Å². The third-order valence-corrected chi connectivity index (χ3v) is 1.61. The van der Waals surface area contributed by atoms with Crippen molar-refractivity contribution >= 4 is 17.8 Å². The molecule has 0 aromatic carbocycles. The van der Waals surface area contributed by atoms with Gasteiger partial charge in [0, 0.05) is 5.22 Å². The Kier molecular flexibility index (Phi) is 10.6. The molecule has 92 valence electrons. The van der Waals surface area contributed by atoms with Crippen LogP contribution in [0, 0.1) is 0 Å². The van der Waals surface area contributed by atoms with Crippen molar-refractivity contribution in [3.05, 3.63) is 27.1 Å². The molecule has 0 radical (unpaired) electrons. The molecule has 16 heavy (non-hydrogen) atoms. The summed E-state index contributed by atoms with van der Waals surface area (Å²) in [4.78, 5) is 10.9. The lowest BCUT2D eigenvalue weighted by atomic mass is 10.3. The molecule has 0 bridgehead atoms. The molecule has 1 heterocycles. The fraction of sp³-hybridized carbons (Fsp3) is 0.462. The summed E-state index contributed by atoms with van der Waals surface area (Å²) < 4.78 is 4.91. The third kappa shape index (κ3) is 4.82. The summed E-state index contributed by atoms with van der Waals surface area (Å²) in [6.07, 6.45) is 3.57. The monoisotopic (exact) mass is 225 g/mol. The third-order valence-electron chi connectivity index (χ3n) is 1.61. The second-order valence-electron chi connectivity index (χ2n) is 2.39. The Morgan fingerprint density at radius 1 is 1.12 bits per heavy atom. The van der Waals surface area contributed by atoms with Gasteiger partial charge in [0.2, 0.25) is 0 Å². The van der Waals surface area contributed by atoms with Crippen LogP contribution in [0.1, 0.15) is 41.5 Å². The summed E-state index contributed by atoms with van der Waals surface area (Å²) in [6, 6.07) is 1.61. The Morgan fingerprint density at radius 2 is 1.62 bits per heavy atom. The fourth-order valence-corrected chi connectivity index (χ4v) is 0.966. The molecular weight excluding hydrogens is 202 g/mol. The highest BCUT2D eigenvalue weighted by atomic mass is 16.4. The van der Waals surface area contributed by atoms with E-state index in [0.29, 0.717) is 5.42 Å². The standard InChI is InChI=1S/C9H11NO2.2C2H6/c1-3-6-5-7(10)9(11)12-8(6)4-2;2*1-2/h3-5H,10H2,1-2H3;2*1-2H3/b6-3-,8-4+;;. The maximum Gasteiger partial charge on any atom is 0.359 e. The van der Waals surface area contributed by atoms with Gasteiger partial charge in [0.1, 0.15) is 11.1 Å². The summed E-state index contributed by atoms with van der Waals surface area (Å²) >= 11 is 0. The number of nitrogens with two attached hydrogens (primary N) is 1. The van der Waals surface area contributed by atoms with Crippen LogP contribution < -0.4 is 22.0 Å². The minimum absolute atomic E-state index is 0.147. The Morgan fingerprint density at radius 3 is 2.00 bits per heavy atom. The van der Waals surface area contributed by atoms with Crippen LogP contribution >= 0.6 is 0 Å². The zero-order valence-electron chi connectivity index (χ0n) is 11.1. The molecule has 2 N–H and O–H groups in total. The molecule has 0 amide bonds. The molecule has 0 saturated heterocycles. The SMILES string of the molecule is C/C=c1/cc(N)c(=O)o/c1=C/C.CC.CC. The number of hydrogen-bond acceptors (Lipinski definition) is 3. The van der Waals surface area contributed by atoms with E-state index in [1.165, 1.54) is 0 Å². The normalized spacial score (nSPS) is 11.1. The Bertz CT molecular complexity index is 444. The van der Waals surface area contributed by atoms with Crippen molar-refractivity contribution in [2.75, 3.05) is 5.73 Å². The van der Waals surface area contributed by atoms with Crippen molar-refractivity contribution in [1.29, 1.82) is 0 Å². The van der Waals surface area contributed by atoms with E-state index < -0.39 is 5.63 Å². The number of rotatable bonds is 0. The van der Waals surface area contributed by atoms with Crippen molar-refractivity contribution < 1.29 is 4.42 Å². The lowest BCUT2D eigenvalue weighted by Gasteiger charge is -1.90. The van der Waals surface area contributed by atoms with Crippen LogP contribution in [-0.4, -0.2) is 0 Å². The fourth-order valence-electron chi connectivity index (χ4n) is 0.966. The van der Waals surface area contributed by atoms with E-state index in [9.17, 15) is 4.79 Å².